The van der Waals surface area contributed by atoms with Gasteiger partial charge in [-0.05, 0) is 57.1 Å². The standard InChI is InChI=1S/C20H26N4O3/c1-13(2)19-22-23-20(27-19)16-8-10-24(11-9-16)12-18(26)21-17-6-4-15(5-7-17)14(3)25/h4-7,13,16H,8-12H2,1-3H3,(H,21,26). The van der Waals surface area contributed by atoms with E-state index in [-0.39, 0.29) is 23.5 Å². The zero-order valence-corrected chi connectivity index (χ0v) is 16.1. The van der Waals surface area contributed by atoms with Crippen LogP contribution in [0.1, 0.15) is 67.6 Å². The maximum Gasteiger partial charge on any atom is 0.238 e. The summed E-state index contributed by atoms with van der Waals surface area (Å²) < 4.78 is 5.76. The number of hydrogen-bond donors (Lipinski definition) is 1. The van der Waals surface area contributed by atoms with Crippen LogP contribution in [0.3, 0.4) is 0 Å². The SMILES string of the molecule is CC(=O)c1ccc(NC(=O)CN2CCC(c3nnc(C(C)C)o3)CC2)cc1. The number of Topliss-reactive ketones (excluding diaryl/α,β-unsaturated/α-hetero) is 1. The van der Waals surface area contributed by atoms with Gasteiger partial charge in [0.15, 0.2) is 5.78 Å². The van der Waals surface area contributed by atoms with Gasteiger partial charge in [-0.3, -0.25) is 14.5 Å². The van der Waals surface area contributed by atoms with E-state index in [1.54, 1.807) is 24.3 Å². The van der Waals surface area contributed by atoms with Crippen LogP contribution in [0.2, 0.25) is 0 Å². The zero-order valence-electron chi connectivity index (χ0n) is 16.1. The van der Waals surface area contributed by atoms with Crippen molar-refractivity contribution in [2.75, 3.05) is 25.0 Å². The Hall–Kier alpha value is -2.54. The predicted molar refractivity (Wildman–Crippen MR) is 102 cm³/mol. The average molecular weight is 370 g/mol. The number of nitrogens with zero attached hydrogens (tertiary/aromatic N) is 3. The van der Waals surface area contributed by atoms with Gasteiger partial charge in [0.1, 0.15) is 0 Å². The highest BCUT2D eigenvalue weighted by atomic mass is 16.4. The molecule has 1 aromatic carbocycles. The van der Waals surface area contributed by atoms with Gasteiger partial charge in [0.05, 0.1) is 6.54 Å². The Morgan fingerprint density at radius 1 is 1.19 bits per heavy atom. The molecular weight excluding hydrogens is 344 g/mol. The van der Waals surface area contributed by atoms with Crippen molar-refractivity contribution in [1.82, 2.24) is 15.1 Å². The Labute approximate surface area is 159 Å². The molecule has 27 heavy (non-hydrogen) atoms. The second-order valence-electron chi connectivity index (χ2n) is 7.37. The van der Waals surface area contributed by atoms with Crippen molar-refractivity contribution in [3.05, 3.63) is 41.6 Å². The Balaban J connectivity index is 1.46. The molecule has 2 aromatic rings. The Morgan fingerprint density at radius 2 is 1.85 bits per heavy atom. The quantitative estimate of drug-likeness (QED) is 0.786. The van der Waals surface area contributed by atoms with Gasteiger partial charge in [-0.15, -0.1) is 10.2 Å². The number of ketones is 1. The van der Waals surface area contributed by atoms with Gasteiger partial charge in [-0.1, -0.05) is 13.8 Å². The second kappa shape index (κ2) is 8.43. The molecule has 1 fully saturated rings. The largest absolute Gasteiger partial charge is 0.425 e. The highest BCUT2D eigenvalue weighted by Gasteiger charge is 2.26. The fourth-order valence-electron chi connectivity index (χ4n) is 3.17. The molecule has 3 rings (SSSR count). The molecule has 1 amide bonds. The van der Waals surface area contributed by atoms with Crippen LogP contribution < -0.4 is 5.32 Å². The maximum absolute atomic E-state index is 12.3. The number of nitrogens with one attached hydrogen (secondary N) is 1. The van der Waals surface area contributed by atoms with Crippen molar-refractivity contribution in [3.8, 4) is 0 Å². The molecule has 1 aliphatic heterocycles. The van der Waals surface area contributed by atoms with Crippen molar-refractivity contribution < 1.29 is 14.0 Å². The molecule has 0 atom stereocenters. The molecule has 0 unspecified atom stereocenters. The Kier molecular flexibility index (Phi) is 6.01. The molecule has 1 aliphatic rings. The third-order valence-electron chi connectivity index (χ3n) is 4.83. The van der Waals surface area contributed by atoms with E-state index in [9.17, 15) is 9.59 Å². The molecule has 0 radical (unpaired) electrons. The summed E-state index contributed by atoms with van der Waals surface area (Å²) in [5.74, 6) is 1.86. The van der Waals surface area contributed by atoms with Crippen LogP contribution in [-0.4, -0.2) is 46.4 Å². The molecule has 144 valence electrons. The highest BCUT2D eigenvalue weighted by Crippen LogP contribution is 2.28. The van der Waals surface area contributed by atoms with Crippen LogP contribution in [0.4, 0.5) is 5.69 Å². The van der Waals surface area contributed by atoms with Gasteiger partial charge in [0.2, 0.25) is 17.7 Å². The van der Waals surface area contributed by atoms with E-state index in [1.807, 2.05) is 13.8 Å². The summed E-state index contributed by atoms with van der Waals surface area (Å²) in [6, 6.07) is 6.95. The molecule has 7 nitrogen and oxygen atoms in total. The molecule has 0 bridgehead atoms. The normalized spacial score (nSPS) is 15.9. The molecule has 0 saturated carbocycles. The fraction of sp³-hybridized carbons (Fsp3) is 0.500. The summed E-state index contributed by atoms with van der Waals surface area (Å²) in [4.78, 5) is 25.7. The Morgan fingerprint density at radius 3 is 2.41 bits per heavy atom. The van der Waals surface area contributed by atoms with E-state index in [0.717, 1.165) is 25.9 Å². The van der Waals surface area contributed by atoms with Crippen molar-refractivity contribution >= 4 is 17.4 Å². The van der Waals surface area contributed by atoms with Crippen LogP contribution in [-0.2, 0) is 4.79 Å². The summed E-state index contributed by atoms with van der Waals surface area (Å²) in [5.41, 5.74) is 1.34. The first-order valence-electron chi connectivity index (χ1n) is 9.39. The first-order chi connectivity index (χ1) is 12.9. The number of aromatic nitrogens is 2. The van der Waals surface area contributed by atoms with Gasteiger partial charge in [-0.2, -0.15) is 0 Å². The number of carbonyl (C=O) groups is 2. The lowest BCUT2D eigenvalue weighted by atomic mass is 9.97. The number of carbonyl (C=O) groups excluding carboxylic acids is 2. The highest BCUT2D eigenvalue weighted by molar-refractivity contribution is 5.96. The molecule has 1 saturated heterocycles. The number of anilines is 1. The Bertz CT molecular complexity index is 790. The molecule has 7 heteroatoms. The predicted octanol–water partition coefficient (Wildman–Crippen LogP) is 3.21. The first kappa shape index (κ1) is 19.2. The number of amides is 1. The summed E-state index contributed by atoms with van der Waals surface area (Å²) in [6.07, 6.45) is 1.81. The molecule has 0 spiro atoms. The van der Waals surface area contributed by atoms with E-state index in [2.05, 4.69) is 20.4 Å². The third kappa shape index (κ3) is 5.01. The maximum atomic E-state index is 12.3. The second-order valence-corrected chi connectivity index (χ2v) is 7.37. The summed E-state index contributed by atoms with van der Waals surface area (Å²) in [6.45, 7) is 7.58. The molecule has 1 N–H and O–H groups in total. The van der Waals surface area contributed by atoms with Crippen molar-refractivity contribution in [1.29, 1.82) is 0 Å². The number of piperidine rings is 1. The lowest BCUT2D eigenvalue weighted by molar-refractivity contribution is -0.117. The van der Waals surface area contributed by atoms with Gasteiger partial charge >= 0.3 is 0 Å². The number of likely N-dealkylation sites (tertiary alicyclic amines) is 1. The minimum atomic E-state index is -0.0519. The van der Waals surface area contributed by atoms with Crippen LogP contribution in [0.15, 0.2) is 28.7 Å². The molecule has 0 aliphatic carbocycles. The van der Waals surface area contributed by atoms with E-state index in [1.165, 1.54) is 6.92 Å². The molecular formula is C20H26N4O3. The topological polar surface area (TPSA) is 88.3 Å². The number of hydrogen-bond acceptors (Lipinski definition) is 6. The van der Waals surface area contributed by atoms with Crippen LogP contribution in [0, 0.1) is 0 Å². The minimum Gasteiger partial charge on any atom is -0.425 e. The van der Waals surface area contributed by atoms with E-state index < -0.39 is 0 Å². The van der Waals surface area contributed by atoms with Gasteiger partial charge in [0, 0.05) is 23.1 Å². The summed E-state index contributed by atoms with van der Waals surface area (Å²) in [7, 11) is 0. The smallest absolute Gasteiger partial charge is 0.238 e. The van der Waals surface area contributed by atoms with Gasteiger partial charge < -0.3 is 9.73 Å². The monoisotopic (exact) mass is 370 g/mol. The van der Waals surface area contributed by atoms with Gasteiger partial charge in [-0.25, -0.2) is 0 Å². The van der Waals surface area contributed by atoms with Crippen LogP contribution >= 0.6 is 0 Å². The lowest BCUT2D eigenvalue weighted by Gasteiger charge is -2.29. The summed E-state index contributed by atoms with van der Waals surface area (Å²) >= 11 is 0. The lowest BCUT2D eigenvalue weighted by Crippen LogP contribution is -2.38. The first-order valence-corrected chi connectivity index (χ1v) is 9.39. The van der Waals surface area contributed by atoms with Crippen molar-refractivity contribution in [2.24, 2.45) is 0 Å². The van der Waals surface area contributed by atoms with Crippen molar-refractivity contribution in [3.63, 3.8) is 0 Å². The van der Waals surface area contributed by atoms with E-state index in [0.29, 0.717) is 29.6 Å². The average Bonchev–Trinajstić information content (AvgIpc) is 3.13. The zero-order chi connectivity index (χ0) is 19.4. The fourth-order valence-corrected chi connectivity index (χ4v) is 3.17. The minimum absolute atomic E-state index is 0.0116. The number of rotatable bonds is 6. The van der Waals surface area contributed by atoms with E-state index >= 15 is 0 Å². The van der Waals surface area contributed by atoms with Gasteiger partial charge in [0.25, 0.3) is 0 Å². The number of benzene rings is 1. The molecule has 1 aromatic heterocycles. The summed E-state index contributed by atoms with van der Waals surface area (Å²) in [5, 5.41) is 11.2. The van der Waals surface area contributed by atoms with Crippen LogP contribution in [0.5, 0.6) is 0 Å². The van der Waals surface area contributed by atoms with Crippen LogP contribution in [0.25, 0.3) is 0 Å². The van der Waals surface area contributed by atoms with E-state index in [4.69, 9.17) is 4.42 Å². The third-order valence-corrected chi connectivity index (χ3v) is 4.83. The molecule has 2 heterocycles. The van der Waals surface area contributed by atoms with Crippen molar-refractivity contribution in [2.45, 2.75) is 45.4 Å².